The van der Waals surface area contributed by atoms with E-state index >= 15 is 0 Å². The Morgan fingerprint density at radius 3 is 2.58 bits per heavy atom. The van der Waals surface area contributed by atoms with Crippen molar-refractivity contribution in [3.05, 3.63) is 51.7 Å². The minimum absolute atomic E-state index is 0. The molecule has 144 valence electrons. The van der Waals surface area contributed by atoms with E-state index in [4.69, 9.17) is 0 Å². The molecule has 1 aromatic heterocycles. The topological polar surface area (TPSA) is 49.3 Å². The number of guanidine groups is 1. The molecule has 7 heteroatoms. The number of hydrogen-bond acceptors (Lipinski definition) is 3. The van der Waals surface area contributed by atoms with Crippen molar-refractivity contribution in [1.29, 1.82) is 0 Å². The van der Waals surface area contributed by atoms with E-state index in [1.165, 1.54) is 6.07 Å². The molecule has 0 unspecified atom stereocenters. The highest BCUT2D eigenvalue weighted by Crippen LogP contribution is 2.24. The molecule has 2 N–H and O–H groups in total. The second kappa shape index (κ2) is 10.8. The Bertz CT molecular complexity index is 710. The monoisotopic (exact) mass is 490 g/mol. The summed E-state index contributed by atoms with van der Waals surface area (Å²) in [7, 11) is 0. The molecule has 0 spiro atoms. The molecular formula is C19H28FIN4S. The number of nitrogens with one attached hydrogen (secondary N) is 2. The molecule has 0 atom stereocenters. The Hall–Kier alpha value is -1.22. The van der Waals surface area contributed by atoms with Gasteiger partial charge < -0.3 is 10.6 Å². The van der Waals surface area contributed by atoms with E-state index in [-0.39, 0.29) is 35.2 Å². The highest BCUT2D eigenvalue weighted by atomic mass is 127. The van der Waals surface area contributed by atoms with Crippen LogP contribution in [0.15, 0.2) is 34.6 Å². The van der Waals surface area contributed by atoms with Crippen LogP contribution in [-0.2, 0) is 18.4 Å². The van der Waals surface area contributed by atoms with Crippen molar-refractivity contribution in [3.63, 3.8) is 0 Å². The van der Waals surface area contributed by atoms with Crippen LogP contribution in [0, 0.1) is 5.82 Å². The normalized spacial score (nSPS) is 11.8. The molecule has 0 aliphatic carbocycles. The SMILES string of the molecule is CCNC(=NCc1nc(C(C)(C)C)cs1)NCCc1ccccc1F.I. The summed E-state index contributed by atoms with van der Waals surface area (Å²) in [4.78, 5) is 9.24. The fourth-order valence-corrected chi connectivity index (χ4v) is 3.18. The van der Waals surface area contributed by atoms with Crippen molar-refractivity contribution in [1.82, 2.24) is 15.6 Å². The number of benzene rings is 1. The molecular weight excluding hydrogens is 462 g/mol. The van der Waals surface area contributed by atoms with Crippen molar-refractivity contribution in [2.24, 2.45) is 4.99 Å². The predicted octanol–water partition coefficient (Wildman–Crippen LogP) is 4.50. The summed E-state index contributed by atoms with van der Waals surface area (Å²) in [6.45, 7) is 10.4. The molecule has 0 radical (unpaired) electrons. The van der Waals surface area contributed by atoms with Gasteiger partial charge in [-0.2, -0.15) is 0 Å². The van der Waals surface area contributed by atoms with E-state index in [9.17, 15) is 4.39 Å². The molecule has 26 heavy (non-hydrogen) atoms. The van der Waals surface area contributed by atoms with E-state index in [2.05, 4.69) is 46.8 Å². The number of hydrogen-bond donors (Lipinski definition) is 2. The Balaban J connectivity index is 0.00000338. The maximum atomic E-state index is 13.6. The molecule has 0 aliphatic rings. The minimum Gasteiger partial charge on any atom is -0.357 e. The van der Waals surface area contributed by atoms with Crippen LogP contribution in [0.4, 0.5) is 4.39 Å². The van der Waals surface area contributed by atoms with Gasteiger partial charge in [-0.3, -0.25) is 0 Å². The molecule has 0 saturated carbocycles. The molecule has 0 aliphatic heterocycles. The first-order valence-corrected chi connectivity index (χ1v) is 9.48. The van der Waals surface area contributed by atoms with E-state index in [1.807, 2.05) is 19.1 Å². The minimum atomic E-state index is -0.163. The van der Waals surface area contributed by atoms with Crippen molar-refractivity contribution in [3.8, 4) is 0 Å². The van der Waals surface area contributed by atoms with Gasteiger partial charge in [0.2, 0.25) is 0 Å². The molecule has 0 bridgehead atoms. The maximum absolute atomic E-state index is 13.6. The van der Waals surface area contributed by atoms with Gasteiger partial charge in [0.1, 0.15) is 10.8 Å². The molecule has 4 nitrogen and oxygen atoms in total. The summed E-state index contributed by atoms with van der Waals surface area (Å²) >= 11 is 1.64. The molecule has 0 fully saturated rings. The molecule has 2 rings (SSSR count). The van der Waals surface area contributed by atoms with E-state index < -0.39 is 0 Å². The van der Waals surface area contributed by atoms with Crippen LogP contribution < -0.4 is 10.6 Å². The van der Waals surface area contributed by atoms with Gasteiger partial charge in [0.15, 0.2) is 5.96 Å². The number of rotatable bonds is 6. The third-order valence-corrected chi connectivity index (χ3v) is 4.52. The lowest BCUT2D eigenvalue weighted by Gasteiger charge is -2.14. The van der Waals surface area contributed by atoms with Crippen molar-refractivity contribution in [2.45, 2.75) is 46.1 Å². The molecule has 0 saturated heterocycles. The van der Waals surface area contributed by atoms with Crippen molar-refractivity contribution >= 4 is 41.3 Å². The zero-order chi connectivity index (χ0) is 18.3. The zero-order valence-corrected chi connectivity index (χ0v) is 19.0. The Morgan fingerprint density at radius 1 is 1.23 bits per heavy atom. The van der Waals surface area contributed by atoms with Gasteiger partial charge in [-0.1, -0.05) is 39.0 Å². The van der Waals surface area contributed by atoms with Gasteiger partial charge in [-0.25, -0.2) is 14.4 Å². The molecule has 1 heterocycles. The quantitative estimate of drug-likeness (QED) is 0.356. The summed E-state index contributed by atoms with van der Waals surface area (Å²) in [5.41, 5.74) is 1.86. The fraction of sp³-hybridized carbons (Fsp3) is 0.474. The standard InChI is InChI=1S/C19H27FN4S.HI/c1-5-21-18(22-11-10-14-8-6-7-9-15(14)20)23-12-17-24-16(13-25-17)19(2,3)4;/h6-9,13H,5,10-12H2,1-4H3,(H2,21,22,23);1H. The number of aliphatic imine (C=N–C) groups is 1. The zero-order valence-electron chi connectivity index (χ0n) is 15.8. The number of thiazole rings is 1. The van der Waals surface area contributed by atoms with E-state index in [0.717, 1.165) is 23.2 Å². The smallest absolute Gasteiger partial charge is 0.191 e. The first kappa shape index (κ1) is 22.8. The van der Waals surface area contributed by atoms with Gasteiger partial charge in [0, 0.05) is 23.9 Å². The van der Waals surface area contributed by atoms with Crippen LogP contribution in [0.25, 0.3) is 0 Å². The summed E-state index contributed by atoms with van der Waals surface area (Å²) in [5.74, 6) is 0.565. The predicted molar refractivity (Wildman–Crippen MR) is 119 cm³/mol. The van der Waals surface area contributed by atoms with Gasteiger partial charge in [-0.15, -0.1) is 35.3 Å². The van der Waals surface area contributed by atoms with Crippen LogP contribution in [0.5, 0.6) is 0 Å². The van der Waals surface area contributed by atoms with Crippen LogP contribution in [-0.4, -0.2) is 24.0 Å². The van der Waals surface area contributed by atoms with Gasteiger partial charge >= 0.3 is 0 Å². The highest BCUT2D eigenvalue weighted by molar-refractivity contribution is 14.0. The van der Waals surface area contributed by atoms with Crippen LogP contribution in [0.2, 0.25) is 0 Å². The second-order valence-electron chi connectivity index (χ2n) is 6.84. The first-order chi connectivity index (χ1) is 11.9. The summed E-state index contributed by atoms with van der Waals surface area (Å²) in [6, 6.07) is 6.86. The van der Waals surface area contributed by atoms with Gasteiger partial charge in [-0.05, 0) is 25.0 Å². The van der Waals surface area contributed by atoms with Gasteiger partial charge in [0.25, 0.3) is 0 Å². The second-order valence-corrected chi connectivity index (χ2v) is 7.78. The van der Waals surface area contributed by atoms with Gasteiger partial charge in [0.05, 0.1) is 12.2 Å². The lowest BCUT2D eigenvalue weighted by molar-refractivity contribution is 0.571. The van der Waals surface area contributed by atoms with Crippen LogP contribution in [0.1, 0.15) is 44.0 Å². The number of nitrogens with zero attached hydrogens (tertiary/aromatic N) is 2. The lowest BCUT2D eigenvalue weighted by Crippen LogP contribution is -2.38. The average Bonchev–Trinajstić information content (AvgIpc) is 3.03. The fourth-order valence-electron chi connectivity index (χ4n) is 2.23. The van der Waals surface area contributed by atoms with E-state index in [1.54, 1.807) is 17.4 Å². The first-order valence-electron chi connectivity index (χ1n) is 8.60. The number of halogens is 2. The lowest BCUT2D eigenvalue weighted by atomic mass is 9.93. The summed E-state index contributed by atoms with van der Waals surface area (Å²) in [6.07, 6.45) is 0.614. The highest BCUT2D eigenvalue weighted by Gasteiger charge is 2.17. The number of aromatic nitrogens is 1. The Kier molecular flexibility index (Phi) is 9.49. The Labute approximate surface area is 176 Å². The summed E-state index contributed by atoms with van der Waals surface area (Å²) in [5, 5.41) is 9.56. The summed E-state index contributed by atoms with van der Waals surface area (Å²) < 4.78 is 13.6. The average molecular weight is 490 g/mol. The largest absolute Gasteiger partial charge is 0.357 e. The maximum Gasteiger partial charge on any atom is 0.191 e. The third kappa shape index (κ3) is 7.19. The van der Waals surface area contributed by atoms with E-state index in [0.29, 0.717) is 25.1 Å². The van der Waals surface area contributed by atoms with Crippen LogP contribution in [0.3, 0.4) is 0 Å². The molecule has 1 aromatic carbocycles. The molecule has 0 amide bonds. The van der Waals surface area contributed by atoms with Crippen molar-refractivity contribution < 1.29 is 4.39 Å². The van der Waals surface area contributed by atoms with Crippen LogP contribution >= 0.6 is 35.3 Å². The Morgan fingerprint density at radius 2 is 1.96 bits per heavy atom. The molecule has 2 aromatic rings. The van der Waals surface area contributed by atoms with Crippen molar-refractivity contribution in [2.75, 3.05) is 13.1 Å². The third-order valence-electron chi connectivity index (χ3n) is 3.68.